The summed E-state index contributed by atoms with van der Waals surface area (Å²) in [5.41, 5.74) is 1.74. The van der Waals surface area contributed by atoms with Gasteiger partial charge in [-0.05, 0) is 48.6 Å². The van der Waals surface area contributed by atoms with Crippen molar-refractivity contribution in [3.05, 3.63) is 46.5 Å². The normalized spacial score (nSPS) is 11.3. The zero-order chi connectivity index (χ0) is 15.5. The zero-order valence-corrected chi connectivity index (χ0v) is 13.0. The second-order valence-electron chi connectivity index (χ2n) is 4.53. The average molecular weight is 325 g/mol. The third-order valence-electron chi connectivity index (χ3n) is 2.80. The fourth-order valence-electron chi connectivity index (χ4n) is 1.72. The van der Waals surface area contributed by atoms with E-state index in [-0.39, 0.29) is 10.8 Å². The molecule has 0 atom stereocenters. The number of amides is 1. The minimum Gasteiger partial charge on any atom is -0.351 e. The third-order valence-corrected chi connectivity index (χ3v) is 4.61. The molecule has 0 aliphatic heterocycles. The first-order valence-corrected chi connectivity index (χ1v) is 8.51. The maximum atomic E-state index is 11.8. The number of hydrogen-bond acceptors (Lipinski definition) is 5. The van der Waals surface area contributed by atoms with Gasteiger partial charge in [-0.25, -0.2) is 13.6 Å². The number of hydrogen-bond donors (Lipinski definition) is 2. The Balaban J connectivity index is 1.88. The lowest BCUT2D eigenvalue weighted by molar-refractivity contribution is 0.0958. The summed E-state index contributed by atoms with van der Waals surface area (Å²) in [6.45, 7) is 2.30. The summed E-state index contributed by atoms with van der Waals surface area (Å²) in [6, 6.07) is 8.02. The van der Waals surface area contributed by atoms with Gasteiger partial charge < -0.3 is 5.32 Å². The number of sulfonamides is 1. The molecule has 1 heterocycles. The number of carbonyl (C=O) groups is 1. The van der Waals surface area contributed by atoms with Crippen molar-refractivity contribution in [2.75, 3.05) is 6.54 Å². The zero-order valence-electron chi connectivity index (χ0n) is 11.4. The number of nitrogens with two attached hydrogens (primary N) is 1. The van der Waals surface area contributed by atoms with Gasteiger partial charge >= 0.3 is 0 Å². The highest BCUT2D eigenvalue weighted by molar-refractivity contribution is 7.89. The van der Waals surface area contributed by atoms with Crippen molar-refractivity contribution in [3.63, 3.8) is 0 Å². The molecule has 2 rings (SSSR count). The van der Waals surface area contributed by atoms with Crippen LogP contribution in [0.1, 0.15) is 20.9 Å². The molecule has 112 valence electrons. The molecule has 0 aliphatic carbocycles. The molecule has 0 saturated heterocycles. The Labute approximate surface area is 127 Å². The summed E-state index contributed by atoms with van der Waals surface area (Å²) in [7, 11) is -3.66. The molecule has 0 spiro atoms. The Morgan fingerprint density at radius 2 is 2.00 bits per heavy atom. The van der Waals surface area contributed by atoms with Crippen molar-refractivity contribution in [1.82, 2.24) is 9.69 Å². The van der Waals surface area contributed by atoms with Crippen molar-refractivity contribution in [2.24, 2.45) is 5.14 Å². The van der Waals surface area contributed by atoms with E-state index in [9.17, 15) is 13.2 Å². The lowest BCUT2D eigenvalue weighted by Crippen LogP contribution is -2.24. The second kappa shape index (κ2) is 6.33. The molecule has 0 bridgehead atoms. The van der Waals surface area contributed by atoms with E-state index >= 15 is 0 Å². The minimum atomic E-state index is -3.66. The summed E-state index contributed by atoms with van der Waals surface area (Å²) in [5, 5.41) is 7.82. The lowest BCUT2D eigenvalue weighted by Gasteiger charge is -2.04. The van der Waals surface area contributed by atoms with Crippen LogP contribution in [0.15, 0.2) is 35.2 Å². The first-order valence-electron chi connectivity index (χ1n) is 6.19. The van der Waals surface area contributed by atoms with Gasteiger partial charge in [0.05, 0.1) is 10.6 Å². The third kappa shape index (κ3) is 4.35. The van der Waals surface area contributed by atoms with E-state index in [2.05, 4.69) is 9.69 Å². The molecule has 1 aromatic heterocycles. The molecule has 3 N–H and O–H groups in total. The molecular weight excluding hydrogens is 310 g/mol. The van der Waals surface area contributed by atoms with Crippen molar-refractivity contribution < 1.29 is 13.2 Å². The van der Waals surface area contributed by atoms with Crippen molar-refractivity contribution in [2.45, 2.75) is 18.2 Å². The van der Waals surface area contributed by atoms with Gasteiger partial charge in [0, 0.05) is 6.54 Å². The Hall–Kier alpha value is -1.77. The predicted octanol–water partition coefficient (Wildman–Crippen LogP) is 1.07. The number of aromatic nitrogens is 1. The highest BCUT2D eigenvalue weighted by atomic mass is 32.2. The number of carbonyl (C=O) groups excluding carboxylic acids is 1. The van der Waals surface area contributed by atoms with Gasteiger partial charge in [0.1, 0.15) is 4.88 Å². The maximum Gasteiger partial charge on any atom is 0.263 e. The SMILES string of the molecule is Cc1cc(C(=O)NCCc2ccc(S(N)(=O)=O)cc2)sn1. The van der Waals surface area contributed by atoms with Crippen LogP contribution in [-0.2, 0) is 16.4 Å². The van der Waals surface area contributed by atoms with E-state index in [1.807, 2.05) is 6.92 Å². The molecule has 2 aromatic rings. The first kappa shape index (κ1) is 15.6. The maximum absolute atomic E-state index is 11.8. The molecular formula is C13H15N3O3S2. The van der Waals surface area contributed by atoms with Crippen LogP contribution < -0.4 is 10.5 Å². The van der Waals surface area contributed by atoms with Crippen LogP contribution in [0.4, 0.5) is 0 Å². The highest BCUT2D eigenvalue weighted by Crippen LogP contribution is 2.10. The number of rotatable bonds is 5. The van der Waals surface area contributed by atoms with Crippen molar-refractivity contribution in [1.29, 1.82) is 0 Å². The summed E-state index contributed by atoms with van der Waals surface area (Å²) >= 11 is 1.17. The fraction of sp³-hybridized carbons (Fsp3) is 0.231. The Kier molecular flexibility index (Phi) is 4.71. The van der Waals surface area contributed by atoms with Gasteiger partial charge in [0.15, 0.2) is 0 Å². The van der Waals surface area contributed by atoms with E-state index in [4.69, 9.17) is 5.14 Å². The molecule has 0 unspecified atom stereocenters. The van der Waals surface area contributed by atoms with Gasteiger partial charge in [0.25, 0.3) is 5.91 Å². The van der Waals surface area contributed by atoms with E-state index in [0.717, 1.165) is 11.3 Å². The fourth-order valence-corrected chi connectivity index (χ4v) is 2.91. The highest BCUT2D eigenvalue weighted by Gasteiger charge is 2.09. The van der Waals surface area contributed by atoms with Gasteiger partial charge in [-0.2, -0.15) is 4.37 Å². The second-order valence-corrected chi connectivity index (χ2v) is 6.89. The molecule has 0 radical (unpaired) electrons. The molecule has 1 amide bonds. The van der Waals surface area contributed by atoms with Gasteiger partial charge in [-0.15, -0.1) is 0 Å². The number of benzene rings is 1. The standard InChI is InChI=1S/C13H15N3O3S2/c1-9-8-12(20-16-9)13(17)15-7-6-10-2-4-11(5-3-10)21(14,18)19/h2-5,8H,6-7H2,1H3,(H,15,17)(H2,14,18,19). The predicted molar refractivity (Wildman–Crippen MR) is 80.7 cm³/mol. The smallest absolute Gasteiger partial charge is 0.263 e. The Bertz CT molecular complexity index is 736. The van der Waals surface area contributed by atoms with Gasteiger partial charge in [-0.1, -0.05) is 12.1 Å². The topological polar surface area (TPSA) is 102 Å². The summed E-state index contributed by atoms with van der Waals surface area (Å²) in [4.78, 5) is 12.5. The van der Waals surface area contributed by atoms with Crippen LogP contribution in [0.3, 0.4) is 0 Å². The van der Waals surface area contributed by atoms with Crippen LogP contribution in [0, 0.1) is 6.92 Å². The van der Waals surface area contributed by atoms with Gasteiger partial charge in [0.2, 0.25) is 10.0 Å². The molecule has 8 heteroatoms. The summed E-state index contributed by atoms with van der Waals surface area (Å²) < 4.78 is 26.3. The van der Waals surface area contributed by atoms with Crippen LogP contribution in [0.25, 0.3) is 0 Å². The van der Waals surface area contributed by atoms with Crippen molar-refractivity contribution in [3.8, 4) is 0 Å². The van der Waals surface area contributed by atoms with E-state index < -0.39 is 10.0 Å². The van der Waals surface area contributed by atoms with Crippen LogP contribution in [0.5, 0.6) is 0 Å². The molecule has 0 saturated carbocycles. The monoisotopic (exact) mass is 325 g/mol. The van der Waals surface area contributed by atoms with Crippen molar-refractivity contribution >= 4 is 27.5 Å². The number of aryl methyl sites for hydroxylation is 1. The summed E-state index contributed by atoms with van der Waals surface area (Å²) in [6.07, 6.45) is 0.606. The van der Waals surface area contributed by atoms with Crippen LogP contribution >= 0.6 is 11.5 Å². The quantitative estimate of drug-likeness (QED) is 0.858. The Morgan fingerprint density at radius 3 is 2.52 bits per heavy atom. The molecule has 0 aliphatic rings. The first-order chi connectivity index (χ1) is 9.86. The largest absolute Gasteiger partial charge is 0.351 e. The molecule has 21 heavy (non-hydrogen) atoms. The Morgan fingerprint density at radius 1 is 1.33 bits per heavy atom. The number of nitrogens with one attached hydrogen (secondary N) is 1. The van der Waals surface area contributed by atoms with E-state index in [0.29, 0.717) is 17.8 Å². The number of nitrogens with zero attached hydrogens (tertiary/aromatic N) is 1. The number of primary sulfonamides is 1. The van der Waals surface area contributed by atoms with Crippen LogP contribution in [0.2, 0.25) is 0 Å². The minimum absolute atomic E-state index is 0.0791. The average Bonchev–Trinajstić information content (AvgIpc) is 2.85. The van der Waals surface area contributed by atoms with Gasteiger partial charge in [-0.3, -0.25) is 4.79 Å². The molecule has 0 fully saturated rings. The van der Waals surface area contributed by atoms with Crippen LogP contribution in [-0.4, -0.2) is 25.2 Å². The van der Waals surface area contributed by atoms with E-state index in [1.165, 1.54) is 23.7 Å². The van der Waals surface area contributed by atoms with E-state index in [1.54, 1.807) is 18.2 Å². The summed E-state index contributed by atoms with van der Waals surface area (Å²) in [5.74, 6) is -0.151. The lowest BCUT2D eigenvalue weighted by atomic mass is 10.1. The molecule has 1 aromatic carbocycles. The molecule has 6 nitrogen and oxygen atoms in total.